The van der Waals surface area contributed by atoms with Gasteiger partial charge in [0.25, 0.3) is 11.5 Å². The Morgan fingerprint density at radius 1 is 1.14 bits per heavy atom. The Balaban J connectivity index is 1.28. The predicted octanol–water partition coefficient (Wildman–Crippen LogP) is 4.25. The van der Waals surface area contributed by atoms with E-state index in [-0.39, 0.29) is 11.5 Å². The van der Waals surface area contributed by atoms with Crippen molar-refractivity contribution in [3.8, 4) is 5.75 Å². The maximum Gasteiger partial charge on any atom is 0.251 e. The van der Waals surface area contributed by atoms with Gasteiger partial charge in [0.15, 0.2) is 0 Å². The minimum Gasteiger partial charge on any atom is -0.497 e. The zero-order valence-corrected chi connectivity index (χ0v) is 21.9. The highest BCUT2D eigenvalue weighted by atomic mass is 32.1. The third-order valence-corrected chi connectivity index (χ3v) is 9.19. The van der Waals surface area contributed by atoms with Crippen LogP contribution in [0.1, 0.15) is 23.2 Å². The maximum atomic E-state index is 13.0. The van der Waals surface area contributed by atoms with E-state index in [1.807, 2.05) is 29.5 Å². The first-order chi connectivity index (χ1) is 17.0. The number of carbonyl (C=O) groups excluding carboxylic acids is 1. The van der Waals surface area contributed by atoms with Crippen LogP contribution in [0.15, 0.2) is 46.6 Å². The quantitative estimate of drug-likeness (QED) is 0.403. The predicted molar refractivity (Wildman–Crippen MR) is 146 cm³/mol. The first-order valence-corrected chi connectivity index (χ1v) is 13.5. The number of ether oxygens (including phenoxy) is 1. The van der Waals surface area contributed by atoms with Gasteiger partial charge in [0.1, 0.15) is 5.75 Å². The largest absolute Gasteiger partial charge is 0.497 e. The molecule has 5 rings (SSSR count). The summed E-state index contributed by atoms with van der Waals surface area (Å²) >= 11 is 3.67. The first-order valence-electron chi connectivity index (χ1n) is 11.8. The van der Waals surface area contributed by atoms with Crippen molar-refractivity contribution in [1.29, 1.82) is 0 Å². The minimum atomic E-state index is -0.263. The van der Waals surface area contributed by atoms with E-state index in [1.54, 1.807) is 30.1 Å². The van der Waals surface area contributed by atoms with Crippen molar-refractivity contribution in [2.75, 3.05) is 45.7 Å². The zero-order valence-electron chi connectivity index (χ0n) is 20.2. The number of anilines is 1. The molecule has 1 N–H and O–H groups in total. The van der Waals surface area contributed by atoms with E-state index < -0.39 is 0 Å². The summed E-state index contributed by atoms with van der Waals surface area (Å²) in [4.78, 5) is 30.3. The molecule has 1 fully saturated rings. The number of piperidine rings is 1. The molecule has 7 nitrogen and oxygen atoms in total. The van der Waals surface area contributed by atoms with Crippen LogP contribution < -0.4 is 20.5 Å². The number of methoxy groups -OCH3 is 1. The number of likely N-dealkylation sites (tertiary alicyclic amines) is 1. The summed E-state index contributed by atoms with van der Waals surface area (Å²) in [6, 6.07) is 12.0. The van der Waals surface area contributed by atoms with Gasteiger partial charge in [-0.3, -0.25) is 9.59 Å². The molecule has 1 saturated heterocycles. The number of fused-ring (bicyclic) bond motifs is 2. The summed E-state index contributed by atoms with van der Waals surface area (Å²) in [7, 11) is 5.39. The third-order valence-electron chi connectivity index (χ3n) is 7.01. The van der Waals surface area contributed by atoms with Crippen LogP contribution in [-0.2, 0) is 6.54 Å². The number of benzene rings is 1. The number of hydrogen-bond donors (Lipinski definition) is 1. The van der Waals surface area contributed by atoms with Crippen molar-refractivity contribution in [2.45, 2.75) is 25.4 Å². The van der Waals surface area contributed by atoms with Gasteiger partial charge < -0.3 is 24.4 Å². The Morgan fingerprint density at radius 3 is 2.66 bits per heavy atom. The summed E-state index contributed by atoms with van der Waals surface area (Å²) in [5.41, 5.74) is 0.947. The molecule has 184 valence electrons. The van der Waals surface area contributed by atoms with Gasteiger partial charge in [-0.15, -0.1) is 22.7 Å². The smallest absolute Gasteiger partial charge is 0.251 e. The number of rotatable bonds is 7. The van der Waals surface area contributed by atoms with Crippen molar-refractivity contribution in [3.63, 3.8) is 0 Å². The van der Waals surface area contributed by atoms with Gasteiger partial charge >= 0.3 is 0 Å². The Kier molecular flexibility index (Phi) is 6.82. The third kappa shape index (κ3) is 4.68. The highest BCUT2D eigenvalue weighted by Gasteiger charge is 2.24. The average molecular weight is 511 g/mol. The number of pyridine rings is 1. The number of hydrogen-bond acceptors (Lipinski definition) is 7. The topological polar surface area (TPSA) is 66.8 Å². The van der Waals surface area contributed by atoms with Crippen molar-refractivity contribution in [3.05, 3.63) is 57.7 Å². The highest BCUT2D eigenvalue weighted by Crippen LogP contribution is 2.37. The second-order valence-corrected chi connectivity index (χ2v) is 10.9. The lowest BCUT2D eigenvalue weighted by Crippen LogP contribution is -2.44. The summed E-state index contributed by atoms with van der Waals surface area (Å²) in [5.74, 6) is 0.401. The van der Waals surface area contributed by atoms with Crippen LogP contribution in [0, 0.1) is 0 Å². The molecule has 0 radical (unpaired) electrons. The van der Waals surface area contributed by atoms with Crippen LogP contribution >= 0.6 is 22.7 Å². The molecular weight excluding hydrogens is 480 g/mol. The van der Waals surface area contributed by atoms with Gasteiger partial charge in [0.05, 0.1) is 23.2 Å². The fourth-order valence-electron chi connectivity index (χ4n) is 4.92. The van der Waals surface area contributed by atoms with E-state index in [0.29, 0.717) is 23.9 Å². The second kappa shape index (κ2) is 10.0. The normalized spacial score (nSPS) is 15.1. The molecule has 0 spiro atoms. The summed E-state index contributed by atoms with van der Waals surface area (Å²) < 4.78 is 9.89. The summed E-state index contributed by atoms with van der Waals surface area (Å²) in [5, 5.41) is 6.88. The fraction of sp³-hybridized carbons (Fsp3) is 0.385. The molecule has 35 heavy (non-hydrogen) atoms. The standard InChI is InChI=1S/C26H30N4O3S2/c1-27-26(32)20-15-24(31)30(21-14-18(33-3)4-5-19(20)21)12-11-29-9-6-17(7-10-29)28(2)25-16-23-22(35-25)8-13-34-23/h4-5,8,13-17H,6-7,9-12H2,1-3H3,(H,27,32). The van der Waals surface area contributed by atoms with Crippen LogP contribution in [0.3, 0.4) is 0 Å². The van der Waals surface area contributed by atoms with Crippen LogP contribution in [0.5, 0.6) is 5.75 Å². The molecule has 1 aliphatic rings. The summed E-state index contributed by atoms with van der Waals surface area (Å²) in [6.45, 7) is 3.36. The van der Waals surface area contributed by atoms with E-state index >= 15 is 0 Å². The van der Waals surface area contributed by atoms with Gasteiger partial charge in [-0.1, -0.05) is 0 Å². The Hall–Kier alpha value is -2.88. The van der Waals surface area contributed by atoms with Gasteiger partial charge in [-0.05, 0) is 42.5 Å². The molecule has 0 bridgehead atoms. The van der Waals surface area contributed by atoms with Gasteiger partial charge in [0.2, 0.25) is 0 Å². The van der Waals surface area contributed by atoms with Crippen molar-refractivity contribution in [2.24, 2.45) is 0 Å². The molecule has 1 aromatic carbocycles. The van der Waals surface area contributed by atoms with E-state index in [0.717, 1.165) is 43.4 Å². The number of carbonyl (C=O) groups is 1. The SMILES string of the molecule is CNC(=O)c1cc(=O)n(CCN2CCC(N(C)c3cc4sccc4s3)CC2)c2cc(OC)ccc12. The van der Waals surface area contributed by atoms with Crippen LogP contribution in [0.2, 0.25) is 0 Å². The molecule has 0 aliphatic carbocycles. The Labute approximate surface area is 212 Å². The second-order valence-electron chi connectivity index (χ2n) is 8.93. The molecule has 1 amide bonds. The lowest BCUT2D eigenvalue weighted by Gasteiger charge is -2.37. The molecular formula is C26H30N4O3S2. The Bertz CT molecular complexity index is 1390. The van der Waals surface area contributed by atoms with E-state index in [1.165, 1.54) is 20.5 Å². The van der Waals surface area contributed by atoms with Gasteiger partial charge in [-0.2, -0.15) is 0 Å². The molecule has 4 heterocycles. The number of nitrogens with one attached hydrogen (secondary N) is 1. The average Bonchev–Trinajstić information content (AvgIpc) is 3.49. The fourth-order valence-corrected chi connectivity index (χ4v) is 7.05. The monoisotopic (exact) mass is 510 g/mol. The van der Waals surface area contributed by atoms with E-state index in [2.05, 4.69) is 39.7 Å². The van der Waals surface area contributed by atoms with Crippen molar-refractivity contribution >= 4 is 53.9 Å². The molecule has 1 aliphatic heterocycles. The summed E-state index contributed by atoms with van der Waals surface area (Å²) in [6.07, 6.45) is 2.20. The van der Waals surface area contributed by atoms with Crippen molar-refractivity contribution in [1.82, 2.24) is 14.8 Å². The zero-order chi connectivity index (χ0) is 24.5. The molecule has 4 aromatic rings. The maximum absolute atomic E-state index is 13.0. The van der Waals surface area contributed by atoms with Gasteiger partial charge in [0, 0.05) is 73.2 Å². The van der Waals surface area contributed by atoms with Crippen LogP contribution in [0.4, 0.5) is 5.00 Å². The van der Waals surface area contributed by atoms with E-state index in [9.17, 15) is 9.59 Å². The van der Waals surface area contributed by atoms with E-state index in [4.69, 9.17) is 4.74 Å². The molecule has 9 heteroatoms. The minimum absolute atomic E-state index is 0.170. The first kappa shape index (κ1) is 23.8. The lowest BCUT2D eigenvalue weighted by atomic mass is 10.0. The number of thiophene rings is 2. The lowest BCUT2D eigenvalue weighted by molar-refractivity contribution is 0.0964. The van der Waals surface area contributed by atoms with Crippen molar-refractivity contribution < 1.29 is 9.53 Å². The molecule has 0 saturated carbocycles. The Morgan fingerprint density at radius 2 is 1.94 bits per heavy atom. The molecule has 3 aromatic heterocycles. The van der Waals surface area contributed by atoms with Crippen LogP contribution in [0.25, 0.3) is 20.3 Å². The van der Waals surface area contributed by atoms with Gasteiger partial charge in [-0.25, -0.2) is 0 Å². The molecule has 0 unspecified atom stereocenters. The van der Waals surface area contributed by atoms with Crippen LogP contribution in [-0.4, -0.2) is 62.3 Å². The highest BCUT2D eigenvalue weighted by molar-refractivity contribution is 7.29. The number of nitrogens with zero attached hydrogens (tertiary/aromatic N) is 3. The molecule has 0 atom stereocenters. The number of amides is 1. The number of aromatic nitrogens is 1.